The zero-order chi connectivity index (χ0) is 43.9. The third kappa shape index (κ3) is 10.8. The van der Waals surface area contributed by atoms with E-state index in [0.717, 1.165) is 66.4 Å². The third-order valence-electron chi connectivity index (χ3n) is 11.6. The van der Waals surface area contributed by atoms with Gasteiger partial charge in [0.2, 0.25) is 17.9 Å². The Morgan fingerprint density at radius 1 is 1.05 bits per heavy atom. The molecule has 0 amide bonds. The van der Waals surface area contributed by atoms with E-state index in [9.17, 15) is 14.3 Å². The summed E-state index contributed by atoms with van der Waals surface area (Å²) in [6, 6.07) is 14.1. The van der Waals surface area contributed by atoms with Crippen LogP contribution < -0.4 is 14.4 Å². The van der Waals surface area contributed by atoms with Crippen molar-refractivity contribution >= 4 is 45.1 Å². The summed E-state index contributed by atoms with van der Waals surface area (Å²) in [5.41, 5.74) is 4.62. The van der Waals surface area contributed by atoms with Crippen molar-refractivity contribution in [2.45, 2.75) is 45.1 Å². The highest BCUT2D eigenvalue weighted by Crippen LogP contribution is 2.42. The molecule has 1 N–H and O–H groups in total. The molecule has 63 heavy (non-hydrogen) atoms. The molecule has 3 aliphatic rings. The van der Waals surface area contributed by atoms with E-state index < -0.39 is 12.1 Å². The number of terminal acetylenes is 1. The molecule has 2 aromatic carbocycles. The number of aromatic nitrogens is 4. The Hall–Kier alpha value is -5.47. The van der Waals surface area contributed by atoms with E-state index in [1.807, 2.05) is 36.4 Å². The molecule has 328 valence electrons. The van der Waals surface area contributed by atoms with Crippen molar-refractivity contribution < 1.29 is 28.5 Å². The Balaban J connectivity index is 1.19. The van der Waals surface area contributed by atoms with E-state index in [1.54, 1.807) is 18.3 Å². The number of hydrogen-bond acceptors (Lipinski definition) is 13. The quantitative estimate of drug-likeness (QED) is 0.163. The molecule has 2 fully saturated rings. The van der Waals surface area contributed by atoms with Gasteiger partial charge in [0.05, 0.1) is 35.4 Å². The molecule has 6 heterocycles. The maximum atomic E-state index is 14.1. The molecule has 0 unspecified atom stereocenters. The van der Waals surface area contributed by atoms with Gasteiger partial charge in [-0.25, -0.2) is 29.1 Å². The molecule has 0 spiro atoms. The third-order valence-corrected chi connectivity index (χ3v) is 13.1. The van der Waals surface area contributed by atoms with Crippen LogP contribution in [-0.4, -0.2) is 130 Å². The predicted molar refractivity (Wildman–Crippen MR) is 243 cm³/mol. The fourth-order valence-electron chi connectivity index (χ4n) is 8.08. The van der Waals surface area contributed by atoms with Crippen LogP contribution in [0.25, 0.3) is 20.7 Å². The molecule has 2 saturated heterocycles. The Morgan fingerprint density at radius 2 is 1.86 bits per heavy atom. The van der Waals surface area contributed by atoms with Gasteiger partial charge in [0.1, 0.15) is 29.3 Å². The second kappa shape index (κ2) is 20.4. The van der Waals surface area contributed by atoms with Gasteiger partial charge in [-0.2, -0.15) is 0 Å². The number of carbonyl (C=O) groups is 1. The van der Waals surface area contributed by atoms with Crippen LogP contribution >= 0.6 is 22.9 Å². The Labute approximate surface area is 375 Å². The zero-order valence-electron chi connectivity index (χ0n) is 35.4. The van der Waals surface area contributed by atoms with Crippen LogP contribution in [0.2, 0.25) is 0 Å². The second-order valence-corrected chi connectivity index (χ2v) is 17.4. The van der Waals surface area contributed by atoms with Crippen LogP contribution in [0.5, 0.6) is 11.6 Å². The summed E-state index contributed by atoms with van der Waals surface area (Å²) in [6.07, 6.45) is 12.0. The van der Waals surface area contributed by atoms with E-state index in [-0.39, 0.29) is 30.8 Å². The summed E-state index contributed by atoms with van der Waals surface area (Å²) in [7, 11) is 2.14. The lowest BCUT2D eigenvalue weighted by molar-refractivity contribution is -0.145. The highest BCUT2D eigenvalue weighted by molar-refractivity contribution is 7.22. The maximum absolute atomic E-state index is 14.1. The molecule has 0 radical (unpaired) electrons. The minimum Gasteiger partial charge on any atom is -0.487 e. The first-order chi connectivity index (χ1) is 30.6. The summed E-state index contributed by atoms with van der Waals surface area (Å²) in [4.78, 5) is 42.3. The largest absolute Gasteiger partial charge is 0.487 e. The van der Waals surface area contributed by atoms with Crippen LogP contribution in [0.4, 0.5) is 10.3 Å². The van der Waals surface area contributed by atoms with Crippen LogP contribution in [0.3, 0.4) is 0 Å². The molecule has 0 saturated carbocycles. The van der Waals surface area contributed by atoms with Gasteiger partial charge in [0.15, 0.2) is 0 Å². The molecule has 3 aliphatic heterocycles. The lowest BCUT2D eigenvalue weighted by Crippen LogP contribution is -2.47. The lowest BCUT2D eigenvalue weighted by Gasteiger charge is -2.34. The number of fused-ring (bicyclic) bond motifs is 2. The smallest absolute Gasteiger partial charge is 0.345 e. The van der Waals surface area contributed by atoms with Gasteiger partial charge in [0.25, 0.3) is 0 Å². The van der Waals surface area contributed by atoms with E-state index in [2.05, 4.69) is 54.4 Å². The summed E-state index contributed by atoms with van der Waals surface area (Å²) in [6.45, 7) is 10.6. The van der Waals surface area contributed by atoms with E-state index in [4.69, 9.17) is 37.2 Å². The fourth-order valence-corrected chi connectivity index (χ4v) is 9.37. The number of morpholine rings is 1. The van der Waals surface area contributed by atoms with Crippen molar-refractivity contribution in [1.82, 2.24) is 34.6 Å². The number of ether oxygens (including phenoxy) is 3. The second-order valence-electron chi connectivity index (χ2n) is 16.1. The van der Waals surface area contributed by atoms with Gasteiger partial charge >= 0.3 is 5.97 Å². The van der Waals surface area contributed by atoms with Crippen LogP contribution in [0.15, 0.2) is 83.8 Å². The number of aliphatic carboxylic acids is 1. The van der Waals surface area contributed by atoms with Crippen molar-refractivity contribution in [3.63, 3.8) is 0 Å². The van der Waals surface area contributed by atoms with Crippen LogP contribution in [0.1, 0.15) is 29.3 Å². The highest BCUT2D eigenvalue weighted by Gasteiger charge is 2.28. The number of carboxylic acids is 1. The number of hydrogen-bond donors (Lipinski definition) is 1. The first-order valence-electron chi connectivity index (χ1n) is 21.1. The number of anilines is 1. The van der Waals surface area contributed by atoms with Crippen molar-refractivity contribution in [1.29, 1.82) is 0 Å². The molecule has 3 aromatic heterocycles. The topological polar surface area (TPSA) is 130 Å². The first kappa shape index (κ1) is 44.1. The van der Waals surface area contributed by atoms with Crippen molar-refractivity contribution in [2.75, 3.05) is 77.5 Å². The minimum atomic E-state index is -1.35. The fraction of sp³-hybridized carbons (Fsp3) is 0.383. The predicted octanol–water partition coefficient (Wildman–Crippen LogP) is 6.45. The van der Waals surface area contributed by atoms with Crippen molar-refractivity contribution in [3.05, 3.63) is 112 Å². The number of nitrogens with zero attached hydrogens (tertiary/aromatic N) is 8. The molecule has 8 rings (SSSR count). The van der Waals surface area contributed by atoms with E-state index >= 15 is 0 Å². The summed E-state index contributed by atoms with van der Waals surface area (Å²) < 4.78 is 32.7. The van der Waals surface area contributed by atoms with Gasteiger partial charge in [0, 0.05) is 76.4 Å². The molecule has 5 aromatic rings. The van der Waals surface area contributed by atoms with Crippen LogP contribution in [-0.2, 0) is 35.5 Å². The van der Waals surface area contributed by atoms with Gasteiger partial charge in [-0.3, -0.25) is 9.80 Å². The van der Waals surface area contributed by atoms with Gasteiger partial charge in [-0.15, -0.1) is 17.8 Å². The van der Waals surface area contributed by atoms with E-state index in [0.29, 0.717) is 77.5 Å². The summed E-state index contributed by atoms with van der Waals surface area (Å²) >= 11 is 8.22. The van der Waals surface area contributed by atoms with Crippen molar-refractivity contribution in [2.24, 2.45) is 0 Å². The van der Waals surface area contributed by atoms with Gasteiger partial charge in [-0.05, 0) is 72.5 Å². The van der Waals surface area contributed by atoms with Gasteiger partial charge in [-0.1, -0.05) is 53.9 Å². The van der Waals surface area contributed by atoms with E-state index in [1.165, 1.54) is 29.8 Å². The monoisotopic (exact) mass is 892 g/mol. The number of thiophene rings is 1. The molecule has 16 heteroatoms. The highest BCUT2D eigenvalue weighted by atomic mass is 35.5. The average molecular weight is 893 g/mol. The SMILES string of the molecule is C#C/C(Cl)=C1\C=C/Cc2c(-c3ccc(F)cc3)sc3ncnc(c23)O[C@@H](C(=O)O)Cc2cc(ccc2OCc2ccnc(N3CCOC[C@H]3C)n2)CN(CCN2CCN(C)CC2)C1. The first-order valence-corrected chi connectivity index (χ1v) is 22.3. The number of piperazine rings is 1. The van der Waals surface area contributed by atoms with Gasteiger partial charge < -0.3 is 29.1 Å². The zero-order valence-corrected chi connectivity index (χ0v) is 37.0. The number of benzene rings is 2. The normalized spacial score (nSPS) is 20.8. The number of carboxylic acid groups (broad SMARTS) is 1. The minimum absolute atomic E-state index is 0.0378. The Kier molecular flexibility index (Phi) is 14.3. The maximum Gasteiger partial charge on any atom is 0.345 e. The molecule has 0 aliphatic carbocycles. The van der Waals surface area contributed by atoms with Crippen LogP contribution in [0, 0.1) is 18.2 Å². The Morgan fingerprint density at radius 3 is 2.63 bits per heavy atom. The standard InChI is InChI=1S/C47H50ClFN8O5S/c1-4-39(48)34-6-5-7-38-42-44(51-30-52-45(42)63-43(38)33-9-11-36(49)12-10-33)62-41(46(58)59)25-35-24-32(26-56(27-34)21-20-55-18-16-54(3)17-19-55)8-13-40(35)61-29-37-14-15-50-47(53-37)57-22-23-60-28-31(57)2/h1,5-6,8-15,24,30-31,41H,7,16-23,25-29H2,2-3H3,(H,58,59)/b6-5-,39-34-/t31-,41-/m1/s1. The lowest BCUT2D eigenvalue weighted by atomic mass is 10.0. The molecule has 2 atom stereocenters. The molecular weight excluding hydrogens is 843 g/mol. The number of halogens is 2. The molecule has 2 bridgehead atoms. The Bertz CT molecular complexity index is 2520. The number of likely N-dealkylation sites (N-methyl/N-ethyl adjacent to an activating group) is 1. The molecular formula is C47H50ClFN8O5S. The summed E-state index contributed by atoms with van der Waals surface area (Å²) in [5, 5.41) is 11.7. The summed E-state index contributed by atoms with van der Waals surface area (Å²) in [5.74, 6) is 2.37. The average Bonchev–Trinajstić information content (AvgIpc) is 3.66. The number of rotatable bonds is 9. The molecule has 13 nitrogen and oxygen atoms in total. The van der Waals surface area contributed by atoms with Crippen molar-refractivity contribution in [3.8, 4) is 34.4 Å². The number of allylic oxidation sites excluding steroid dienone is 2.